The Bertz CT molecular complexity index is 280. The molecular formula is C8H14NO3P. The molecule has 4 nitrogen and oxygen atoms in total. The maximum Gasteiger partial charge on any atom is 0.224 e. The van der Waals surface area contributed by atoms with Crippen LogP contribution in [0.3, 0.4) is 0 Å². The Balaban J connectivity index is 4.71. The van der Waals surface area contributed by atoms with Crippen molar-refractivity contribution in [1.82, 2.24) is 0 Å². The Morgan fingerprint density at radius 3 is 2.23 bits per heavy atom. The van der Waals surface area contributed by atoms with Crippen LogP contribution in [0.4, 0.5) is 0 Å². The Hall–Kier alpha value is -0.650. The smallest absolute Gasteiger partial charge is 0.224 e. The summed E-state index contributed by atoms with van der Waals surface area (Å²) in [5.41, 5.74) is -1.13. The van der Waals surface area contributed by atoms with Gasteiger partial charge in [0, 0.05) is 6.66 Å². The summed E-state index contributed by atoms with van der Waals surface area (Å²) in [4.78, 5) is 10.9. The third-order valence-corrected chi connectivity index (χ3v) is 3.65. The molecule has 2 atom stereocenters. The minimum atomic E-state index is -3.13. The first kappa shape index (κ1) is 12.3. The third kappa shape index (κ3) is 3.71. The minimum Gasteiger partial charge on any atom is -0.325 e. The molecule has 0 aromatic carbocycles. The van der Waals surface area contributed by atoms with Gasteiger partial charge in [-0.15, -0.1) is 0 Å². The van der Waals surface area contributed by atoms with E-state index in [9.17, 15) is 9.36 Å². The van der Waals surface area contributed by atoms with Gasteiger partial charge in [-0.25, -0.2) is 0 Å². The van der Waals surface area contributed by atoms with Gasteiger partial charge in [0.15, 0.2) is 11.4 Å². The van der Waals surface area contributed by atoms with E-state index in [0.29, 0.717) is 0 Å². The highest BCUT2D eigenvalue weighted by atomic mass is 31.2. The van der Waals surface area contributed by atoms with Crippen molar-refractivity contribution in [3.63, 3.8) is 0 Å². The van der Waals surface area contributed by atoms with Gasteiger partial charge in [-0.1, -0.05) is 0 Å². The number of carbonyl (C=O) groups excluding carboxylic acids is 1. The van der Waals surface area contributed by atoms with Crippen molar-refractivity contribution in [1.29, 1.82) is 5.26 Å². The summed E-state index contributed by atoms with van der Waals surface area (Å²) in [7, 11) is -3.13. The maximum atomic E-state index is 11.7. The second kappa shape index (κ2) is 4.55. The molecule has 0 aliphatic carbocycles. The number of hydrogen-bond donors (Lipinski definition) is 0. The largest absolute Gasteiger partial charge is 0.325 e. The average Bonchev–Trinajstić information content (AvgIpc) is 1.82. The molecule has 0 fully saturated rings. The van der Waals surface area contributed by atoms with Gasteiger partial charge in [0.05, 0.1) is 12.2 Å². The van der Waals surface area contributed by atoms with Gasteiger partial charge in [0.2, 0.25) is 7.37 Å². The van der Waals surface area contributed by atoms with Crippen LogP contribution in [0.5, 0.6) is 0 Å². The van der Waals surface area contributed by atoms with Crippen molar-refractivity contribution in [2.45, 2.75) is 32.5 Å². The highest BCUT2D eigenvalue weighted by molar-refractivity contribution is 7.60. The molecule has 0 N–H and O–H groups in total. The van der Waals surface area contributed by atoms with Crippen LogP contribution < -0.4 is 0 Å². The van der Waals surface area contributed by atoms with Crippen molar-refractivity contribution in [2.75, 3.05) is 6.66 Å². The molecule has 74 valence electrons. The maximum absolute atomic E-state index is 11.7. The van der Waals surface area contributed by atoms with Gasteiger partial charge < -0.3 is 4.52 Å². The molecule has 0 aliphatic rings. The van der Waals surface area contributed by atoms with Crippen LogP contribution in [-0.4, -0.2) is 24.2 Å². The first-order chi connectivity index (χ1) is 5.81. The van der Waals surface area contributed by atoms with E-state index < -0.39 is 18.8 Å². The number of rotatable bonds is 4. The zero-order valence-corrected chi connectivity index (χ0v) is 9.17. The van der Waals surface area contributed by atoms with Gasteiger partial charge in [-0.2, -0.15) is 5.26 Å². The van der Waals surface area contributed by atoms with Crippen LogP contribution in [0.1, 0.15) is 20.8 Å². The Kier molecular flexibility index (Phi) is 4.32. The second-order valence-electron chi connectivity index (χ2n) is 3.21. The summed E-state index contributed by atoms with van der Waals surface area (Å²) < 4.78 is 16.8. The molecule has 0 radical (unpaired) electrons. The zero-order chi connectivity index (χ0) is 10.6. The van der Waals surface area contributed by atoms with E-state index in [1.807, 2.05) is 0 Å². The summed E-state index contributed by atoms with van der Waals surface area (Å²) in [6, 6.07) is 1.71. The van der Waals surface area contributed by atoms with Crippen LogP contribution in [-0.2, 0) is 13.9 Å². The van der Waals surface area contributed by atoms with Crippen LogP contribution >= 0.6 is 7.37 Å². The molecule has 0 saturated carbocycles. The topological polar surface area (TPSA) is 67.2 Å². The van der Waals surface area contributed by atoms with Crippen LogP contribution in [0.2, 0.25) is 0 Å². The SMILES string of the molecule is CC(=O)[C@H](C#N)[P@](C)(=O)OC(C)C. The van der Waals surface area contributed by atoms with Crippen molar-refractivity contribution < 1.29 is 13.9 Å². The quantitative estimate of drug-likeness (QED) is 0.653. The fourth-order valence-electron chi connectivity index (χ4n) is 1.01. The number of nitrogens with zero attached hydrogens (tertiary/aromatic N) is 1. The number of nitriles is 1. The minimum absolute atomic E-state index is 0.244. The molecule has 0 spiro atoms. The van der Waals surface area contributed by atoms with E-state index in [-0.39, 0.29) is 6.10 Å². The zero-order valence-electron chi connectivity index (χ0n) is 8.27. The Morgan fingerprint density at radius 1 is 1.54 bits per heavy atom. The van der Waals surface area contributed by atoms with E-state index in [4.69, 9.17) is 9.79 Å². The fourth-order valence-corrected chi connectivity index (χ4v) is 2.83. The predicted molar refractivity (Wildman–Crippen MR) is 49.8 cm³/mol. The molecule has 0 heterocycles. The third-order valence-electron chi connectivity index (χ3n) is 1.40. The lowest BCUT2D eigenvalue weighted by Gasteiger charge is -2.19. The van der Waals surface area contributed by atoms with E-state index in [2.05, 4.69) is 0 Å². The lowest BCUT2D eigenvalue weighted by molar-refractivity contribution is -0.115. The van der Waals surface area contributed by atoms with Crippen molar-refractivity contribution in [3.05, 3.63) is 0 Å². The Morgan fingerprint density at radius 2 is 2.00 bits per heavy atom. The van der Waals surface area contributed by atoms with Crippen LogP contribution in [0.25, 0.3) is 0 Å². The normalized spacial score (nSPS) is 17.5. The Labute approximate surface area is 78.3 Å². The molecule has 0 bridgehead atoms. The lowest BCUT2D eigenvalue weighted by Crippen LogP contribution is -2.18. The van der Waals surface area contributed by atoms with Crippen molar-refractivity contribution in [2.24, 2.45) is 0 Å². The molecule has 13 heavy (non-hydrogen) atoms. The number of carbonyl (C=O) groups is 1. The fraction of sp³-hybridized carbons (Fsp3) is 0.750. The second-order valence-corrected chi connectivity index (χ2v) is 5.75. The number of hydrogen-bond acceptors (Lipinski definition) is 4. The first-order valence-corrected chi connectivity index (χ1v) is 6.11. The first-order valence-electron chi connectivity index (χ1n) is 3.97. The van der Waals surface area contributed by atoms with Crippen molar-refractivity contribution in [3.8, 4) is 6.07 Å². The van der Waals surface area contributed by atoms with E-state index >= 15 is 0 Å². The molecule has 0 aliphatic heterocycles. The molecule has 0 amide bonds. The van der Waals surface area contributed by atoms with Gasteiger partial charge in [-0.05, 0) is 20.8 Å². The highest BCUT2D eigenvalue weighted by Gasteiger charge is 2.33. The highest BCUT2D eigenvalue weighted by Crippen LogP contribution is 2.49. The van der Waals surface area contributed by atoms with Crippen LogP contribution in [0, 0.1) is 11.3 Å². The summed E-state index contributed by atoms with van der Waals surface area (Å²) in [5.74, 6) is -0.408. The van der Waals surface area contributed by atoms with E-state index in [1.165, 1.54) is 13.6 Å². The molecule has 5 heteroatoms. The van der Waals surface area contributed by atoms with Gasteiger partial charge in [-0.3, -0.25) is 9.36 Å². The molecular weight excluding hydrogens is 189 g/mol. The molecule has 0 aromatic heterocycles. The van der Waals surface area contributed by atoms with Crippen LogP contribution in [0.15, 0.2) is 0 Å². The number of Topliss-reactive ketones (excluding diaryl/α,β-unsaturated/α-hetero) is 1. The summed E-state index contributed by atoms with van der Waals surface area (Å²) in [5, 5.41) is 8.62. The van der Waals surface area contributed by atoms with E-state index in [0.717, 1.165) is 0 Å². The van der Waals surface area contributed by atoms with Gasteiger partial charge in [0.25, 0.3) is 0 Å². The summed E-state index contributed by atoms with van der Waals surface area (Å²) in [6.45, 7) is 5.99. The average molecular weight is 203 g/mol. The van der Waals surface area contributed by atoms with E-state index in [1.54, 1.807) is 19.9 Å². The molecule has 0 rings (SSSR count). The molecule has 0 unspecified atom stereocenters. The summed E-state index contributed by atoms with van der Waals surface area (Å²) in [6.07, 6.45) is -0.244. The van der Waals surface area contributed by atoms with Gasteiger partial charge in [0.1, 0.15) is 0 Å². The standard InChI is InChI=1S/C8H14NO3P/c1-6(2)12-13(4,11)8(5-9)7(3)10/h6,8H,1-4H3/t8-,13+/m0/s1. The monoisotopic (exact) mass is 203 g/mol. The molecule has 0 aromatic rings. The summed E-state index contributed by atoms with van der Waals surface area (Å²) >= 11 is 0. The number of ketones is 1. The van der Waals surface area contributed by atoms with Gasteiger partial charge >= 0.3 is 0 Å². The lowest BCUT2D eigenvalue weighted by atomic mass is 10.3. The molecule has 0 saturated heterocycles. The predicted octanol–water partition coefficient (Wildman–Crippen LogP) is 1.80. The van der Waals surface area contributed by atoms with Crippen molar-refractivity contribution >= 4 is 13.2 Å².